The maximum absolute atomic E-state index is 13.3. The van der Waals surface area contributed by atoms with Gasteiger partial charge in [-0.15, -0.1) is 5.10 Å². The van der Waals surface area contributed by atoms with Gasteiger partial charge in [-0.25, -0.2) is 9.07 Å². The van der Waals surface area contributed by atoms with Crippen LogP contribution in [-0.4, -0.2) is 36.4 Å². The molecule has 1 amide bonds. The molecule has 0 aliphatic heterocycles. The monoisotopic (exact) mass is 441 g/mol. The molecule has 0 saturated heterocycles. The SMILES string of the molecule is Cc1c(C#N)c(NC(=O)CSc2nnnn2C(C)(C)C)n(Cc2ccc(F)cc2)c1C. The number of aromatic nitrogens is 5. The molecule has 8 nitrogen and oxygen atoms in total. The number of nitrogens with one attached hydrogen (secondary N) is 1. The van der Waals surface area contributed by atoms with E-state index in [2.05, 4.69) is 26.9 Å². The summed E-state index contributed by atoms with van der Waals surface area (Å²) in [4.78, 5) is 12.7. The lowest BCUT2D eigenvalue weighted by atomic mass is 10.1. The Morgan fingerprint density at radius 1 is 1.26 bits per heavy atom. The predicted molar refractivity (Wildman–Crippen MR) is 116 cm³/mol. The molecule has 0 aliphatic carbocycles. The fourth-order valence-electron chi connectivity index (χ4n) is 3.09. The van der Waals surface area contributed by atoms with E-state index in [0.29, 0.717) is 23.1 Å². The van der Waals surface area contributed by atoms with Gasteiger partial charge < -0.3 is 9.88 Å². The number of tetrazole rings is 1. The van der Waals surface area contributed by atoms with Crippen LogP contribution >= 0.6 is 11.8 Å². The third-order valence-corrected chi connectivity index (χ3v) is 5.78. The second-order valence-electron chi connectivity index (χ2n) is 8.14. The topological polar surface area (TPSA) is 101 Å². The molecule has 2 aromatic heterocycles. The number of thioether (sulfide) groups is 1. The molecule has 162 valence electrons. The van der Waals surface area contributed by atoms with Crippen molar-refractivity contribution in [2.75, 3.05) is 11.1 Å². The summed E-state index contributed by atoms with van der Waals surface area (Å²) in [6, 6.07) is 8.33. The van der Waals surface area contributed by atoms with Crippen molar-refractivity contribution in [3.8, 4) is 6.07 Å². The van der Waals surface area contributed by atoms with Crippen LogP contribution in [0.1, 0.15) is 43.2 Å². The van der Waals surface area contributed by atoms with Crippen molar-refractivity contribution in [1.29, 1.82) is 5.26 Å². The van der Waals surface area contributed by atoms with Gasteiger partial charge in [-0.1, -0.05) is 23.9 Å². The van der Waals surface area contributed by atoms with E-state index in [0.717, 1.165) is 16.8 Å². The molecule has 0 radical (unpaired) electrons. The van der Waals surface area contributed by atoms with Gasteiger partial charge in [0.15, 0.2) is 0 Å². The molecule has 2 heterocycles. The minimum atomic E-state index is -0.315. The number of benzene rings is 1. The van der Waals surface area contributed by atoms with E-state index in [-0.39, 0.29) is 23.0 Å². The summed E-state index contributed by atoms with van der Waals surface area (Å²) in [5, 5.41) is 24.7. The van der Waals surface area contributed by atoms with Crippen LogP contribution < -0.4 is 5.32 Å². The number of nitrogens with zero attached hydrogens (tertiary/aromatic N) is 6. The van der Waals surface area contributed by atoms with Gasteiger partial charge in [0.1, 0.15) is 17.7 Å². The second-order valence-corrected chi connectivity index (χ2v) is 9.08. The first-order valence-corrected chi connectivity index (χ1v) is 10.7. The molecule has 3 aromatic rings. The summed E-state index contributed by atoms with van der Waals surface area (Å²) in [5.41, 5.74) is 2.62. The van der Waals surface area contributed by atoms with Gasteiger partial charge in [0.25, 0.3) is 0 Å². The van der Waals surface area contributed by atoms with Crippen LogP contribution in [0.2, 0.25) is 0 Å². The summed E-state index contributed by atoms with van der Waals surface area (Å²) in [6.45, 7) is 10.1. The van der Waals surface area contributed by atoms with Crippen molar-refractivity contribution >= 4 is 23.5 Å². The van der Waals surface area contributed by atoms with Crippen LogP contribution in [-0.2, 0) is 16.9 Å². The van der Waals surface area contributed by atoms with Crippen molar-refractivity contribution in [1.82, 2.24) is 24.8 Å². The number of halogens is 1. The fourth-order valence-corrected chi connectivity index (χ4v) is 3.95. The molecular weight excluding hydrogens is 417 g/mol. The molecule has 0 spiro atoms. The summed E-state index contributed by atoms with van der Waals surface area (Å²) >= 11 is 1.22. The normalized spacial score (nSPS) is 11.4. The predicted octanol–water partition coefficient (Wildman–Crippen LogP) is 3.64. The number of carbonyl (C=O) groups excluding carboxylic acids is 1. The molecule has 0 fully saturated rings. The molecule has 3 rings (SSSR count). The lowest BCUT2D eigenvalue weighted by Crippen LogP contribution is -2.25. The average molecular weight is 442 g/mol. The zero-order valence-corrected chi connectivity index (χ0v) is 18.9. The lowest BCUT2D eigenvalue weighted by Gasteiger charge is -2.19. The highest BCUT2D eigenvalue weighted by Gasteiger charge is 2.23. The minimum Gasteiger partial charge on any atom is -0.326 e. The summed E-state index contributed by atoms with van der Waals surface area (Å²) in [7, 11) is 0. The highest BCUT2D eigenvalue weighted by Crippen LogP contribution is 2.28. The molecular formula is C21H24FN7OS. The maximum Gasteiger partial charge on any atom is 0.235 e. The van der Waals surface area contributed by atoms with Crippen LogP contribution in [0.4, 0.5) is 10.2 Å². The zero-order chi connectivity index (χ0) is 22.8. The van der Waals surface area contributed by atoms with Crippen molar-refractivity contribution in [3.63, 3.8) is 0 Å². The Morgan fingerprint density at radius 2 is 1.94 bits per heavy atom. The maximum atomic E-state index is 13.3. The Bertz CT molecular complexity index is 1140. The number of anilines is 1. The molecule has 1 aromatic carbocycles. The number of nitriles is 1. The molecule has 0 unspecified atom stereocenters. The zero-order valence-electron chi connectivity index (χ0n) is 18.1. The average Bonchev–Trinajstić information content (AvgIpc) is 3.27. The van der Waals surface area contributed by atoms with E-state index in [4.69, 9.17) is 0 Å². The third-order valence-electron chi connectivity index (χ3n) is 4.86. The van der Waals surface area contributed by atoms with E-state index >= 15 is 0 Å². The molecule has 10 heteroatoms. The van der Waals surface area contributed by atoms with Crippen molar-refractivity contribution in [2.45, 2.75) is 51.9 Å². The summed E-state index contributed by atoms with van der Waals surface area (Å²) in [5.74, 6) is -0.0723. The first-order valence-electron chi connectivity index (χ1n) is 9.67. The number of amides is 1. The van der Waals surface area contributed by atoms with Crippen LogP contribution in [0.3, 0.4) is 0 Å². The Kier molecular flexibility index (Phi) is 6.45. The van der Waals surface area contributed by atoms with E-state index in [1.807, 2.05) is 39.2 Å². The Labute approximate surface area is 184 Å². The lowest BCUT2D eigenvalue weighted by molar-refractivity contribution is -0.113. The van der Waals surface area contributed by atoms with Crippen molar-refractivity contribution in [2.24, 2.45) is 0 Å². The number of hydrogen-bond acceptors (Lipinski definition) is 6. The van der Waals surface area contributed by atoms with Crippen LogP contribution in [0.25, 0.3) is 0 Å². The minimum absolute atomic E-state index is 0.0845. The van der Waals surface area contributed by atoms with Crippen LogP contribution in [0, 0.1) is 31.0 Å². The second kappa shape index (κ2) is 8.89. The first kappa shape index (κ1) is 22.5. The van der Waals surface area contributed by atoms with Gasteiger partial charge >= 0.3 is 0 Å². The number of carbonyl (C=O) groups is 1. The summed E-state index contributed by atoms with van der Waals surface area (Å²) in [6.07, 6.45) is 0. The van der Waals surface area contributed by atoms with E-state index in [1.54, 1.807) is 16.8 Å². The third kappa shape index (κ3) is 4.94. The smallest absolute Gasteiger partial charge is 0.235 e. The standard InChI is InChI=1S/C21H24FN7OS/c1-13-14(2)28(11-15-6-8-16(22)9-7-15)19(17(13)10-23)24-18(30)12-31-20-25-26-27-29(20)21(3,4)5/h6-9H,11-12H2,1-5H3,(H,24,30). The molecule has 0 saturated carbocycles. The van der Waals surface area contributed by atoms with Gasteiger partial charge in [-0.3, -0.25) is 4.79 Å². The quantitative estimate of drug-likeness (QED) is 0.586. The van der Waals surface area contributed by atoms with Crippen LogP contribution in [0.15, 0.2) is 29.4 Å². The van der Waals surface area contributed by atoms with Crippen molar-refractivity contribution < 1.29 is 9.18 Å². The highest BCUT2D eigenvalue weighted by molar-refractivity contribution is 7.99. The Hall–Kier alpha value is -3.19. The van der Waals surface area contributed by atoms with E-state index < -0.39 is 0 Å². The Morgan fingerprint density at radius 3 is 2.55 bits per heavy atom. The molecule has 0 bridgehead atoms. The largest absolute Gasteiger partial charge is 0.326 e. The number of rotatable bonds is 6. The summed E-state index contributed by atoms with van der Waals surface area (Å²) < 4.78 is 16.8. The van der Waals surface area contributed by atoms with Gasteiger partial charge in [0, 0.05) is 12.2 Å². The van der Waals surface area contributed by atoms with E-state index in [1.165, 1.54) is 23.9 Å². The molecule has 1 N–H and O–H groups in total. The van der Waals surface area contributed by atoms with E-state index in [9.17, 15) is 14.4 Å². The van der Waals surface area contributed by atoms with Gasteiger partial charge in [0.2, 0.25) is 11.1 Å². The van der Waals surface area contributed by atoms with Gasteiger partial charge in [0.05, 0.1) is 16.9 Å². The van der Waals surface area contributed by atoms with Gasteiger partial charge in [-0.2, -0.15) is 5.26 Å². The molecule has 0 aliphatic rings. The van der Waals surface area contributed by atoms with Crippen LogP contribution in [0.5, 0.6) is 0 Å². The highest BCUT2D eigenvalue weighted by atomic mass is 32.2. The molecule has 0 atom stereocenters. The first-order chi connectivity index (χ1) is 14.6. The van der Waals surface area contributed by atoms with Gasteiger partial charge in [-0.05, 0) is 68.3 Å². The Balaban J connectivity index is 1.81. The van der Waals surface area contributed by atoms with Crippen molar-refractivity contribution in [3.05, 3.63) is 52.5 Å². The fraction of sp³-hybridized carbons (Fsp3) is 0.381. The number of hydrogen-bond donors (Lipinski definition) is 1. The molecule has 31 heavy (non-hydrogen) atoms.